The second-order valence-electron chi connectivity index (χ2n) is 6.29. The van der Waals surface area contributed by atoms with Crippen molar-refractivity contribution in [2.24, 2.45) is 0 Å². The monoisotopic (exact) mass is 361 g/mol. The van der Waals surface area contributed by atoms with Crippen molar-refractivity contribution in [3.05, 3.63) is 76.7 Å². The summed E-state index contributed by atoms with van der Waals surface area (Å²) in [6.07, 6.45) is 1.97. The van der Waals surface area contributed by atoms with E-state index in [9.17, 15) is 9.59 Å². The van der Waals surface area contributed by atoms with Gasteiger partial charge in [-0.05, 0) is 24.3 Å². The lowest BCUT2D eigenvalue weighted by atomic mass is 10.1. The first kappa shape index (κ1) is 17.1. The highest BCUT2D eigenvalue weighted by atomic mass is 16.5. The average molecular weight is 361 g/mol. The smallest absolute Gasteiger partial charge is 0.256 e. The second kappa shape index (κ2) is 7.09. The Labute approximate surface area is 155 Å². The van der Waals surface area contributed by atoms with E-state index >= 15 is 0 Å². The van der Waals surface area contributed by atoms with Crippen LogP contribution >= 0.6 is 0 Å². The summed E-state index contributed by atoms with van der Waals surface area (Å²) in [5, 5.41) is 4.60. The highest BCUT2D eigenvalue weighted by Crippen LogP contribution is 2.26. The number of rotatable bonds is 5. The Kier molecular flexibility index (Phi) is 4.48. The number of anilines is 1. The lowest BCUT2D eigenvalue weighted by Gasteiger charge is -2.10. The Morgan fingerprint density at radius 3 is 2.81 bits per heavy atom. The molecule has 0 radical (unpaired) electrons. The molecule has 0 saturated carbocycles. The van der Waals surface area contributed by atoms with E-state index < -0.39 is 0 Å². The minimum absolute atomic E-state index is 0.303. The number of hydrogen-bond acceptors (Lipinski definition) is 3. The number of benzene rings is 2. The maximum absolute atomic E-state index is 12.9. The van der Waals surface area contributed by atoms with Crippen molar-refractivity contribution in [2.75, 3.05) is 19.0 Å². The van der Waals surface area contributed by atoms with Gasteiger partial charge in [0, 0.05) is 42.2 Å². The fourth-order valence-corrected chi connectivity index (χ4v) is 3.30. The van der Waals surface area contributed by atoms with E-state index in [0.717, 1.165) is 17.4 Å². The van der Waals surface area contributed by atoms with Gasteiger partial charge in [0.15, 0.2) is 0 Å². The zero-order chi connectivity index (χ0) is 18.8. The van der Waals surface area contributed by atoms with Gasteiger partial charge in [-0.2, -0.15) is 0 Å². The van der Waals surface area contributed by atoms with Gasteiger partial charge in [0.1, 0.15) is 0 Å². The molecule has 0 spiro atoms. The largest absolute Gasteiger partial charge is 0.383 e. The summed E-state index contributed by atoms with van der Waals surface area (Å²) in [4.78, 5) is 27.6. The summed E-state index contributed by atoms with van der Waals surface area (Å²) in [7, 11) is 1.67. The molecule has 0 unspecified atom stereocenters. The second-order valence-corrected chi connectivity index (χ2v) is 6.29. The Morgan fingerprint density at radius 1 is 1.11 bits per heavy atom. The summed E-state index contributed by atoms with van der Waals surface area (Å²) in [6, 6.07) is 16.3. The zero-order valence-electron chi connectivity index (χ0n) is 14.9. The molecule has 2 aromatic carbocycles. The van der Waals surface area contributed by atoms with E-state index in [1.54, 1.807) is 13.2 Å². The Balaban J connectivity index is 1.72. The summed E-state index contributed by atoms with van der Waals surface area (Å²) in [6.45, 7) is 1.34. The van der Waals surface area contributed by atoms with Crippen molar-refractivity contribution in [3.63, 3.8) is 0 Å². The number of ether oxygens (including phenoxy) is 1. The fourth-order valence-electron chi connectivity index (χ4n) is 3.30. The number of nitrogens with zero attached hydrogens (tertiary/aromatic N) is 1. The molecule has 1 amide bonds. The first-order chi connectivity index (χ1) is 13.2. The van der Waals surface area contributed by atoms with Gasteiger partial charge in [-0.3, -0.25) is 9.59 Å². The SMILES string of the molecule is COCCn1ccc2c(NC(=O)c3cc(=O)[nH]c4ccccc34)cccc21. The first-order valence-corrected chi connectivity index (χ1v) is 8.67. The molecule has 136 valence electrons. The average Bonchev–Trinajstić information content (AvgIpc) is 3.09. The number of methoxy groups -OCH3 is 1. The third kappa shape index (κ3) is 3.22. The molecule has 0 atom stereocenters. The van der Waals surface area contributed by atoms with Crippen molar-refractivity contribution in [1.82, 2.24) is 9.55 Å². The van der Waals surface area contributed by atoms with E-state index in [-0.39, 0.29) is 11.5 Å². The van der Waals surface area contributed by atoms with Crippen LogP contribution in [0.3, 0.4) is 0 Å². The minimum Gasteiger partial charge on any atom is -0.383 e. The molecule has 0 aliphatic carbocycles. The number of amides is 1. The minimum atomic E-state index is -0.311. The molecule has 4 rings (SSSR count). The normalized spacial score (nSPS) is 11.1. The number of carbonyl (C=O) groups excluding carboxylic acids is 1. The molecule has 6 nitrogen and oxygen atoms in total. The number of hydrogen-bond donors (Lipinski definition) is 2. The van der Waals surface area contributed by atoms with E-state index in [0.29, 0.717) is 28.8 Å². The highest BCUT2D eigenvalue weighted by Gasteiger charge is 2.14. The van der Waals surface area contributed by atoms with Crippen molar-refractivity contribution in [1.29, 1.82) is 0 Å². The van der Waals surface area contributed by atoms with Gasteiger partial charge in [-0.15, -0.1) is 0 Å². The van der Waals surface area contributed by atoms with Crippen molar-refractivity contribution in [3.8, 4) is 0 Å². The molecular weight excluding hydrogens is 342 g/mol. The number of carbonyl (C=O) groups is 1. The first-order valence-electron chi connectivity index (χ1n) is 8.67. The molecule has 0 fully saturated rings. The predicted octanol–water partition coefficient (Wildman–Crippen LogP) is 3.38. The van der Waals surface area contributed by atoms with E-state index in [2.05, 4.69) is 14.9 Å². The highest BCUT2D eigenvalue weighted by molar-refractivity contribution is 6.14. The lowest BCUT2D eigenvalue weighted by molar-refractivity contribution is 0.102. The number of nitrogens with one attached hydrogen (secondary N) is 2. The van der Waals surface area contributed by atoms with E-state index in [1.807, 2.05) is 48.7 Å². The van der Waals surface area contributed by atoms with Crippen LogP contribution in [0, 0.1) is 0 Å². The van der Waals surface area contributed by atoms with Crippen LogP contribution in [-0.4, -0.2) is 29.2 Å². The van der Waals surface area contributed by atoms with Gasteiger partial charge in [-0.1, -0.05) is 24.3 Å². The van der Waals surface area contributed by atoms with E-state index in [4.69, 9.17) is 4.74 Å². The predicted molar refractivity (Wildman–Crippen MR) is 106 cm³/mol. The van der Waals surface area contributed by atoms with Crippen molar-refractivity contribution >= 4 is 33.4 Å². The van der Waals surface area contributed by atoms with Crippen molar-refractivity contribution < 1.29 is 9.53 Å². The number of para-hydroxylation sites is 1. The third-order valence-corrected chi connectivity index (χ3v) is 4.59. The van der Waals surface area contributed by atoms with Crippen LogP contribution in [0.2, 0.25) is 0 Å². The van der Waals surface area contributed by atoms with Gasteiger partial charge >= 0.3 is 0 Å². The van der Waals surface area contributed by atoms with Crippen LogP contribution in [0.1, 0.15) is 10.4 Å². The van der Waals surface area contributed by atoms with Crippen LogP contribution < -0.4 is 10.9 Å². The molecule has 4 aromatic rings. The Hall–Kier alpha value is -3.38. The van der Waals surface area contributed by atoms with Gasteiger partial charge in [0.25, 0.3) is 5.91 Å². The summed E-state index contributed by atoms with van der Waals surface area (Å²) >= 11 is 0. The van der Waals surface area contributed by atoms with Crippen LogP contribution in [0.15, 0.2) is 65.6 Å². The molecule has 27 heavy (non-hydrogen) atoms. The molecule has 0 aliphatic rings. The molecule has 2 N–H and O–H groups in total. The molecule has 0 bridgehead atoms. The molecular formula is C21H19N3O3. The van der Waals surface area contributed by atoms with Crippen molar-refractivity contribution in [2.45, 2.75) is 6.54 Å². The third-order valence-electron chi connectivity index (χ3n) is 4.59. The van der Waals surface area contributed by atoms with Gasteiger partial charge in [0.05, 0.1) is 23.4 Å². The van der Waals surface area contributed by atoms with E-state index in [1.165, 1.54) is 6.07 Å². The number of aromatic nitrogens is 2. The Morgan fingerprint density at radius 2 is 1.96 bits per heavy atom. The van der Waals surface area contributed by atoms with Gasteiger partial charge < -0.3 is 19.6 Å². The van der Waals surface area contributed by atoms with Crippen LogP contribution in [0.25, 0.3) is 21.8 Å². The number of fused-ring (bicyclic) bond motifs is 2. The maximum atomic E-state index is 12.9. The Bertz CT molecular complexity index is 1190. The van der Waals surface area contributed by atoms with Crippen LogP contribution in [0.5, 0.6) is 0 Å². The van der Waals surface area contributed by atoms with Crippen LogP contribution in [0.4, 0.5) is 5.69 Å². The molecule has 0 aliphatic heterocycles. The topological polar surface area (TPSA) is 76.1 Å². The lowest BCUT2D eigenvalue weighted by Crippen LogP contribution is -2.17. The zero-order valence-corrected chi connectivity index (χ0v) is 14.9. The molecule has 6 heteroatoms. The fraction of sp³-hybridized carbons (Fsp3) is 0.143. The number of H-pyrrole nitrogens is 1. The number of aromatic amines is 1. The van der Waals surface area contributed by atoms with Gasteiger partial charge in [0.2, 0.25) is 5.56 Å². The summed E-state index contributed by atoms with van der Waals surface area (Å²) in [5.74, 6) is -0.311. The number of pyridine rings is 1. The van der Waals surface area contributed by atoms with Gasteiger partial charge in [-0.25, -0.2) is 0 Å². The molecule has 2 heterocycles. The quantitative estimate of drug-likeness (QED) is 0.572. The molecule has 0 saturated heterocycles. The molecule has 2 aromatic heterocycles. The maximum Gasteiger partial charge on any atom is 0.256 e. The summed E-state index contributed by atoms with van der Waals surface area (Å²) in [5.41, 5.74) is 2.41. The van der Waals surface area contributed by atoms with Crippen LogP contribution in [-0.2, 0) is 11.3 Å². The summed E-state index contributed by atoms with van der Waals surface area (Å²) < 4.78 is 7.23. The standard InChI is InChI=1S/C21H19N3O3/c1-27-12-11-24-10-9-15-18(7-4-8-19(15)24)23-21(26)16-13-20(25)22-17-6-3-2-5-14(16)17/h2-10,13H,11-12H2,1H3,(H,22,25)(H,23,26).